The first-order valence-electron chi connectivity index (χ1n) is 8.30. The highest BCUT2D eigenvalue weighted by Gasteiger charge is 2.24. The Hall–Kier alpha value is -2.60. The van der Waals surface area contributed by atoms with E-state index in [4.69, 9.17) is 0 Å². The van der Waals surface area contributed by atoms with Crippen LogP contribution in [-0.2, 0) is 12.8 Å². The number of nitrogens with zero attached hydrogens (tertiary/aromatic N) is 4. The first kappa shape index (κ1) is 15.9. The SMILES string of the molecule is Cc1ccsc1C(=O)N1CCc2ncnc(-c3ccncc3)c2CC1. The number of hydrogen-bond donors (Lipinski definition) is 0. The molecular weight excluding hydrogens is 332 g/mol. The zero-order chi connectivity index (χ0) is 17.2. The van der Waals surface area contributed by atoms with Crippen LogP contribution in [0.4, 0.5) is 0 Å². The van der Waals surface area contributed by atoms with Gasteiger partial charge in [-0.2, -0.15) is 0 Å². The lowest BCUT2D eigenvalue weighted by Gasteiger charge is -2.19. The molecule has 0 spiro atoms. The molecule has 1 aliphatic rings. The molecule has 0 fully saturated rings. The van der Waals surface area contributed by atoms with Crippen LogP contribution in [0.15, 0.2) is 42.3 Å². The zero-order valence-corrected chi connectivity index (χ0v) is 14.8. The summed E-state index contributed by atoms with van der Waals surface area (Å²) in [6, 6.07) is 5.92. The van der Waals surface area contributed by atoms with Gasteiger partial charge in [0.1, 0.15) is 6.33 Å². The average molecular weight is 350 g/mol. The second kappa shape index (κ2) is 6.72. The number of thiophene rings is 1. The number of fused-ring (bicyclic) bond motifs is 1. The third-order valence-corrected chi connectivity index (χ3v) is 5.59. The molecule has 0 unspecified atom stereocenters. The molecule has 1 amide bonds. The van der Waals surface area contributed by atoms with E-state index in [1.54, 1.807) is 18.7 Å². The normalized spacial score (nSPS) is 14.0. The van der Waals surface area contributed by atoms with Gasteiger partial charge in [0.2, 0.25) is 0 Å². The van der Waals surface area contributed by atoms with Gasteiger partial charge in [-0.05, 0) is 42.5 Å². The minimum Gasteiger partial charge on any atom is -0.337 e. The molecule has 0 aromatic carbocycles. The number of carbonyl (C=O) groups excluding carboxylic acids is 1. The fourth-order valence-electron chi connectivity index (χ4n) is 3.22. The van der Waals surface area contributed by atoms with E-state index in [1.165, 1.54) is 11.3 Å². The highest BCUT2D eigenvalue weighted by Crippen LogP contribution is 2.26. The molecule has 0 saturated carbocycles. The number of pyridine rings is 1. The Bertz CT molecular complexity index is 907. The smallest absolute Gasteiger partial charge is 0.264 e. The summed E-state index contributed by atoms with van der Waals surface area (Å²) >= 11 is 1.52. The zero-order valence-electron chi connectivity index (χ0n) is 14.0. The third-order valence-electron chi connectivity index (χ3n) is 4.58. The second-order valence-corrected chi connectivity index (χ2v) is 7.02. The van der Waals surface area contributed by atoms with E-state index in [0.717, 1.165) is 45.8 Å². The Kier molecular flexibility index (Phi) is 4.28. The predicted molar refractivity (Wildman–Crippen MR) is 97.6 cm³/mol. The van der Waals surface area contributed by atoms with Gasteiger partial charge in [-0.3, -0.25) is 9.78 Å². The van der Waals surface area contributed by atoms with Gasteiger partial charge in [0.25, 0.3) is 5.91 Å². The van der Waals surface area contributed by atoms with E-state index >= 15 is 0 Å². The first-order valence-corrected chi connectivity index (χ1v) is 9.18. The number of hydrogen-bond acceptors (Lipinski definition) is 5. The summed E-state index contributed by atoms with van der Waals surface area (Å²) in [4.78, 5) is 28.7. The fraction of sp³-hybridized carbons (Fsp3) is 0.263. The Morgan fingerprint density at radius 2 is 1.92 bits per heavy atom. The highest BCUT2D eigenvalue weighted by molar-refractivity contribution is 7.12. The molecule has 0 aliphatic carbocycles. The van der Waals surface area contributed by atoms with Gasteiger partial charge in [-0.25, -0.2) is 9.97 Å². The molecule has 3 aromatic rings. The summed E-state index contributed by atoms with van der Waals surface area (Å²) in [5, 5.41) is 1.97. The van der Waals surface area contributed by atoms with Crippen molar-refractivity contribution in [1.29, 1.82) is 0 Å². The van der Waals surface area contributed by atoms with Gasteiger partial charge in [-0.15, -0.1) is 11.3 Å². The summed E-state index contributed by atoms with van der Waals surface area (Å²) in [7, 11) is 0. The van der Waals surface area contributed by atoms with Crippen LogP contribution in [0.1, 0.15) is 26.5 Å². The van der Waals surface area contributed by atoms with Gasteiger partial charge in [0.05, 0.1) is 10.6 Å². The van der Waals surface area contributed by atoms with Gasteiger partial charge in [0.15, 0.2) is 0 Å². The highest BCUT2D eigenvalue weighted by atomic mass is 32.1. The van der Waals surface area contributed by atoms with Crippen LogP contribution in [0, 0.1) is 6.92 Å². The summed E-state index contributed by atoms with van der Waals surface area (Å²) in [6.45, 7) is 3.37. The van der Waals surface area contributed by atoms with Gasteiger partial charge < -0.3 is 4.90 Å². The molecule has 25 heavy (non-hydrogen) atoms. The molecular formula is C19H18N4OS. The molecule has 1 aliphatic heterocycles. The average Bonchev–Trinajstić information content (AvgIpc) is 2.96. The summed E-state index contributed by atoms with van der Waals surface area (Å²) in [5.74, 6) is 0.124. The summed E-state index contributed by atoms with van der Waals surface area (Å²) in [6.07, 6.45) is 6.69. The lowest BCUT2D eigenvalue weighted by atomic mass is 10.0. The lowest BCUT2D eigenvalue weighted by Crippen LogP contribution is -2.33. The maximum atomic E-state index is 12.8. The maximum Gasteiger partial charge on any atom is 0.264 e. The van der Waals surface area contributed by atoms with Gasteiger partial charge >= 0.3 is 0 Å². The monoisotopic (exact) mass is 350 g/mol. The molecule has 6 heteroatoms. The first-order chi connectivity index (χ1) is 12.2. The molecule has 0 bridgehead atoms. The molecule has 126 valence electrons. The van der Waals surface area contributed by atoms with Crippen molar-refractivity contribution < 1.29 is 4.79 Å². The molecule has 0 atom stereocenters. The van der Waals surface area contributed by atoms with Gasteiger partial charge in [-0.1, -0.05) is 0 Å². The van der Waals surface area contributed by atoms with Crippen LogP contribution in [-0.4, -0.2) is 38.8 Å². The molecule has 5 nitrogen and oxygen atoms in total. The van der Waals surface area contributed by atoms with Crippen LogP contribution in [0.5, 0.6) is 0 Å². The predicted octanol–water partition coefficient (Wildman–Crippen LogP) is 3.15. The van der Waals surface area contributed by atoms with E-state index < -0.39 is 0 Å². The van der Waals surface area contributed by atoms with Crippen molar-refractivity contribution in [3.63, 3.8) is 0 Å². The molecule has 0 radical (unpaired) electrons. The lowest BCUT2D eigenvalue weighted by molar-refractivity contribution is 0.0767. The van der Waals surface area contributed by atoms with E-state index in [0.29, 0.717) is 13.1 Å². The van der Waals surface area contributed by atoms with Crippen molar-refractivity contribution >= 4 is 17.2 Å². The third kappa shape index (κ3) is 3.05. The molecule has 0 saturated heterocycles. The molecule has 0 N–H and O–H groups in total. The largest absolute Gasteiger partial charge is 0.337 e. The minimum absolute atomic E-state index is 0.124. The topological polar surface area (TPSA) is 59.0 Å². The van der Waals surface area contributed by atoms with Crippen molar-refractivity contribution in [3.8, 4) is 11.3 Å². The summed E-state index contributed by atoms with van der Waals surface area (Å²) in [5.41, 5.74) is 5.23. The van der Waals surface area contributed by atoms with E-state index in [1.807, 2.05) is 35.4 Å². The fourth-order valence-corrected chi connectivity index (χ4v) is 4.12. The maximum absolute atomic E-state index is 12.8. The van der Waals surface area contributed by atoms with Crippen LogP contribution in [0.25, 0.3) is 11.3 Å². The van der Waals surface area contributed by atoms with E-state index in [-0.39, 0.29) is 5.91 Å². The summed E-state index contributed by atoms with van der Waals surface area (Å²) < 4.78 is 0. The van der Waals surface area contributed by atoms with Gasteiger partial charge in [0, 0.05) is 48.7 Å². The van der Waals surface area contributed by atoms with Crippen molar-refractivity contribution in [2.24, 2.45) is 0 Å². The van der Waals surface area contributed by atoms with Crippen LogP contribution >= 0.6 is 11.3 Å². The number of amides is 1. The van der Waals surface area contributed by atoms with Crippen LogP contribution in [0.3, 0.4) is 0 Å². The van der Waals surface area contributed by atoms with E-state index in [2.05, 4.69) is 15.0 Å². The Morgan fingerprint density at radius 3 is 2.68 bits per heavy atom. The quantitative estimate of drug-likeness (QED) is 0.712. The Morgan fingerprint density at radius 1 is 1.12 bits per heavy atom. The molecule has 4 rings (SSSR count). The Labute approximate surface area is 150 Å². The number of carbonyl (C=O) groups is 1. The Balaban J connectivity index is 1.62. The van der Waals surface area contributed by atoms with Crippen LogP contribution in [0.2, 0.25) is 0 Å². The second-order valence-electron chi connectivity index (χ2n) is 6.11. The minimum atomic E-state index is 0.124. The van der Waals surface area contributed by atoms with E-state index in [9.17, 15) is 4.79 Å². The van der Waals surface area contributed by atoms with Crippen LogP contribution < -0.4 is 0 Å². The van der Waals surface area contributed by atoms with Crippen molar-refractivity contribution in [3.05, 3.63) is 64.0 Å². The molecule has 3 aromatic heterocycles. The number of aromatic nitrogens is 3. The molecule has 4 heterocycles. The van der Waals surface area contributed by atoms with Crippen molar-refractivity contribution in [1.82, 2.24) is 19.9 Å². The van der Waals surface area contributed by atoms with Crippen molar-refractivity contribution in [2.45, 2.75) is 19.8 Å². The number of rotatable bonds is 2. The standard InChI is InChI=1S/C19H18N4OS/c1-13-6-11-25-18(13)19(24)23-9-4-15-16(5-10-23)21-12-22-17(15)14-2-7-20-8-3-14/h2-3,6-8,11-12H,4-5,9-10H2,1H3. The van der Waals surface area contributed by atoms with Crippen molar-refractivity contribution in [2.75, 3.05) is 13.1 Å². The number of aryl methyl sites for hydroxylation is 1.